The Morgan fingerprint density at radius 2 is 1.45 bits per heavy atom. The zero-order chi connectivity index (χ0) is 22.4. The first kappa shape index (κ1) is 26.5. The van der Waals surface area contributed by atoms with E-state index >= 15 is 0 Å². The first-order chi connectivity index (χ1) is 13.6. The molecule has 0 radical (unpaired) electrons. The fourth-order valence-corrected chi connectivity index (χ4v) is 2.82. The van der Waals surface area contributed by atoms with Gasteiger partial charge in [-0.25, -0.2) is 0 Å². The van der Waals surface area contributed by atoms with Crippen LogP contribution in [0.1, 0.15) is 13.3 Å². The number of rotatable bonds is 7. The van der Waals surface area contributed by atoms with Crippen LogP contribution >= 0.6 is 0 Å². The van der Waals surface area contributed by atoms with Crippen LogP contribution in [0.25, 0.3) is 0 Å². The normalized spacial score (nSPS) is 43.6. The van der Waals surface area contributed by atoms with E-state index in [4.69, 9.17) is 34.6 Å². The summed E-state index contributed by atoms with van der Waals surface area (Å²) in [6.45, 7) is -0.592. The quantitative estimate of drug-likeness (QED) is 0.181. The van der Waals surface area contributed by atoms with Crippen molar-refractivity contribution in [3.05, 3.63) is 0 Å². The monoisotopic (exact) mass is 432 g/mol. The van der Waals surface area contributed by atoms with Crippen LogP contribution in [0.5, 0.6) is 0 Å². The fourth-order valence-electron chi connectivity index (χ4n) is 2.82. The van der Waals surface area contributed by atoms with Crippen LogP contribution in [-0.2, 0) is 14.2 Å². The van der Waals surface area contributed by atoms with Crippen LogP contribution in [0.2, 0.25) is 0 Å². The molecule has 13 nitrogen and oxygen atoms in total. The van der Waals surface area contributed by atoms with Crippen molar-refractivity contribution in [2.75, 3.05) is 26.4 Å². The molecule has 0 amide bonds. The summed E-state index contributed by atoms with van der Waals surface area (Å²) in [7, 11) is 0. The third kappa shape index (κ3) is 6.24. The largest absolute Gasteiger partial charge is 0.396 e. The summed E-state index contributed by atoms with van der Waals surface area (Å²) in [6, 6.07) is 0. The lowest BCUT2D eigenvalue weighted by Crippen LogP contribution is -2.62. The van der Waals surface area contributed by atoms with Crippen molar-refractivity contribution in [1.29, 1.82) is 0 Å². The molecule has 0 saturated carbocycles. The molecule has 0 aromatic rings. The lowest BCUT2D eigenvalue weighted by Gasteiger charge is -2.43. The van der Waals surface area contributed by atoms with Gasteiger partial charge in [-0.15, -0.1) is 0 Å². The molecule has 29 heavy (non-hydrogen) atoms. The predicted molar refractivity (Wildman–Crippen MR) is 92.0 cm³/mol. The molecule has 0 aliphatic carbocycles. The summed E-state index contributed by atoms with van der Waals surface area (Å²) in [5.74, 6) is -2.22. The van der Waals surface area contributed by atoms with Crippen LogP contribution in [-0.4, -0.2) is 138 Å². The van der Waals surface area contributed by atoms with Gasteiger partial charge in [-0.05, 0) is 13.3 Å². The Bertz CT molecular complexity index is 464. The van der Waals surface area contributed by atoms with E-state index in [1.165, 1.54) is 0 Å². The van der Waals surface area contributed by atoms with E-state index in [1.54, 1.807) is 6.92 Å². The van der Waals surface area contributed by atoms with Crippen molar-refractivity contribution in [2.45, 2.75) is 74.3 Å². The highest BCUT2D eigenvalue weighted by molar-refractivity contribution is 4.98. The van der Waals surface area contributed by atoms with E-state index in [-0.39, 0.29) is 12.7 Å². The zero-order valence-electron chi connectivity index (χ0n) is 15.9. The Hall–Kier alpha value is -0.520. The molecule has 2 heterocycles. The van der Waals surface area contributed by atoms with Crippen molar-refractivity contribution in [1.82, 2.24) is 0 Å². The van der Waals surface area contributed by atoms with Crippen LogP contribution in [0.4, 0.5) is 0 Å². The molecule has 0 bridgehead atoms. The Kier molecular flexibility index (Phi) is 10.8. The number of ether oxygens (including phenoxy) is 3. The summed E-state index contributed by atoms with van der Waals surface area (Å²) in [4.78, 5) is 0. The second kappa shape index (κ2) is 11.8. The summed E-state index contributed by atoms with van der Waals surface area (Å²) in [5, 5.41) is 93.1. The molecule has 0 aromatic heterocycles. The third-order valence-corrected chi connectivity index (χ3v) is 4.62. The van der Waals surface area contributed by atoms with Gasteiger partial charge in [-0.3, -0.25) is 0 Å². The van der Waals surface area contributed by atoms with E-state index in [0.29, 0.717) is 6.42 Å². The van der Waals surface area contributed by atoms with Crippen LogP contribution < -0.4 is 0 Å². The smallest absolute Gasteiger partial charge is 0.224 e. The molecule has 0 aromatic carbocycles. The molecule has 2 fully saturated rings. The van der Waals surface area contributed by atoms with Crippen molar-refractivity contribution in [3.8, 4) is 0 Å². The Morgan fingerprint density at radius 1 is 0.862 bits per heavy atom. The predicted octanol–water partition coefficient (Wildman–Crippen LogP) is -5.65. The molecule has 2 rings (SSSR count). The minimum atomic E-state index is -2.22. The first-order valence-electron chi connectivity index (χ1n) is 9.11. The van der Waals surface area contributed by atoms with Gasteiger partial charge in [0.25, 0.3) is 0 Å². The number of hydrogen-bond donors (Lipinski definition) is 10. The van der Waals surface area contributed by atoms with Gasteiger partial charge in [0.15, 0.2) is 6.29 Å². The topological polar surface area (TPSA) is 230 Å². The minimum Gasteiger partial charge on any atom is -0.396 e. The highest BCUT2D eigenvalue weighted by Crippen LogP contribution is 2.35. The van der Waals surface area contributed by atoms with Crippen LogP contribution in [0, 0.1) is 0 Å². The Labute approximate surface area is 166 Å². The lowest BCUT2D eigenvalue weighted by molar-refractivity contribution is -0.383. The third-order valence-electron chi connectivity index (χ3n) is 4.62. The summed E-state index contributed by atoms with van der Waals surface area (Å²) < 4.78 is 15.4. The average molecular weight is 432 g/mol. The highest BCUT2D eigenvalue weighted by Gasteiger charge is 2.58. The van der Waals surface area contributed by atoms with Gasteiger partial charge in [0.05, 0.1) is 19.3 Å². The first-order valence-corrected chi connectivity index (χ1v) is 9.11. The molecule has 2 saturated heterocycles. The van der Waals surface area contributed by atoms with E-state index < -0.39 is 74.6 Å². The summed E-state index contributed by atoms with van der Waals surface area (Å²) >= 11 is 0. The molecule has 2 aliphatic rings. The van der Waals surface area contributed by atoms with E-state index in [0.717, 1.165) is 0 Å². The van der Waals surface area contributed by atoms with Gasteiger partial charge in [0, 0.05) is 6.61 Å². The summed E-state index contributed by atoms with van der Waals surface area (Å²) in [5.41, 5.74) is 0. The molecule has 13 heteroatoms. The maximum Gasteiger partial charge on any atom is 0.224 e. The van der Waals surface area contributed by atoms with Gasteiger partial charge < -0.3 is 65.3 Å². The fraction of sp³-hybridized carbons (Fsp3) is 1.00. The van der Waals surface area contributed by atoms with E-state index in [2.05, 4.69) is 0 Å². The maximum absolute atomic E-state index is 10.00. The van der Waals surface area contributed by atoms with Crippen LogP contribution in [0.15, 0.2) is 0 Å². The molecule has 1 unspecified atom stereocenters. The molecular formula is C16H32O13. The van der Waals surface area contributed by atoms with Gasteiger partial charge >= 0.3 is 0 Å². The van der Waals surface area contributed by atoms with E-state index in [9.17, 15) is 30.6 Å². The molecule has 10 atom stereocenters. The highest BCUT2D eigenvalue weighted by atomic mass is 16.8. The Balaban J connectivity index is 0.000000612. The minimum absolute atomic E-state index is 0.0810. The van der Waals surface area contributed by atoms with Crippen molar-refractivity contribution in [3.63, 3.8) is 0 Å². The molecular weight excluding hydrogens is 400 g/mol. The zero-order valence-corrected chi connectivity index (χ0v) is 15.9. The second-order valence-corrected chi connectivity index (χ2v) is 6.92. The van der Waals surface area contributed by atoms with Gasteiger partial charge in [0.1, 0.15) is 49.3 Å². The van der Waals surface area contributed by atoms with Gasteiger partial charge in [-0.2, -0.15) is 0 Å². The molecule has 0 spiro atoms. The SMILES string of the molecule is CC(O)CCO.OC[C@H]1O[C@@](CO)(O[C@H]2O[C@H](CO)[C@@H](O)[C@H](O)[C@H]2O)[C@@H](O)[C@@H]1O. The molecule has 174 valence electrons. The van der Waals surface area contributed by atoms with Crippen molar-refractivity contribution in [2.24, 2.45) is 0 Å². The van der Waals surface area contributed by atoms with Crippen molar-refractivity contribution < 1.29 is 65.3 Å². The second-order valence-electron chi connectivity index (χ2n) is 6.92. The maximum atomic E-state index is 10.00. The average Bonchev–Trinajstić information content (AvgIpc) is 2.93. The standard InChI is InChI=1S/C12H22O11.C4H10O2/c13-1-4-6(16)8(18)9(19)11(21-4)23-12(3-15)10(20)7(17)5(2-14)22-12;1-4(6)2-3-5/h4-11,13-20H,1-3H2;4-6H,2-3H2,1H3/t4-,5-,6-,7-,8+,9-,10+,11-,12+;/m1./s1. The summed E-state index contributed by atoms with van der Waals surface area (Å²) in [6.07, 6.45) is -12.5. The van der Waals surface area contributed by atoms with Crippen LogP contribution in [0.3, 0.4) is 0 Å². The van der Waals surface area contributed by atoms with E-state index in [1.807, 2.05) is 0 Å². The number of aliphatic hydroxyl groups excluding tert-OH is 10. The molecule has 2 aliphatic heterocycles. The lowest BCUT2D eigenvalue weighted by atomic mass is 9.99. The van der Waals surface area contributed by atoms with Gasteiger partial charge in [-0.1, -0.05) is 0 Å². The number of aliphatic hydroxyl groups is 10. The number of hydrogen-bond acceptors (Lipinski definition) is 13. The molecule has 10 N–H and O–H groups in total. The Morgan fingerprint density at radius 3 is 1.83 bits per heavy atom. The van der Waals surface area contributed by atoms with Crippen molar-refractivity contribution >= 4 is 0 Å². The van der Waals surface area contributed by atoms with Gasteiger partial charge in [0.2, 0.25) is 5.79 Å².